The second-order valence-electron chi connectivity index (χ2n) is 4.12. The molecule has 2 aromatic rings. The molecule has 1 atom stereocenters. The van der Waals surface area contributed by atoms with Gasteiger partial charge in [-0.2, -0.15) is 0 Å². The number of nitrogens with zero attached hydrogens (tertiary/aromatic N) is 2. The molecule has 0 saturated heterocycles. The molecule has 0 aliphatic rings. The molecule has 0 unspecified atom stereocenters. The van der Waals surface area contributed by atoms with E-state index in [0.29, 0.717) is 18.7 Å². The molecular weight excluding hydrogens is 316 g/mol. The van der Waals surface area contributed by atoms with Crippen LogP contribution in [0.4, 0.5) is 8.78 Å². The fourth-order valence-electron chi connectivity index (χ4n) is 1.79. The highest BCUT2D eigenvalue weighted by atomic mass is 79.9. The number of rotatable bonds is 6. The van der Waals surface area contributed by atoms with Gasteiger partial charge in [-0.3, -0.25) is 0 Å². The number of alkyl halides is 2. The van der Waals surface area contributed by atoms with E-state index in [2.05, 4.69) is 26.2 Å². The average molecular weight is 330 g/mol. The molecule has 1 aromatic heterocycles. The number of hydrogen-bond acceptors (Lipinski definition) is 2. The highest BCUT2D eigenvalue weighted by Gasteiger charge is 2.21. The zero-order valence-corrected chi connectivity index (χ0v) is 11.7. The highest BCUT2D eigenvalue weighted by molar-refractivity contribution is 9.10. The Morgan fingerprint density at radius 2 is 2.00 bits per heavy atom. The Hall–Kier alpha value is -1.27. The summed E-state index contributed by atoms with van der Waals surface area (Å²) in [5.74, 6) is 0. The van der Waals surface area contributed by atoms with Crippen LogP contribution in [0.2, 0.25) is 0 Å². The lowest BCUT2D eigenvalue weighted by atomic mass is 10.1. The highest BCUT2D eigenvalue weighted by Crippen LogP contribution is 2.22. The summed E-state index contributed by atoms with van der Waals surface area (Å²) in [5, 5.41) is 2.88. The van der Waals surface area contributed by atoms with Crippen LogP contribution in [0.25, 0.3) is 0 Å². The molecule has 2 rings (SSSR count). The van der Waals surface area contributed by atoms with Gasteiger partial charge in [0.25, 0.3) is 6.43 Å². The number of aromatic nitrogens is 2. The van der Waals surface area contributed by atoms with Crippen molar-refractivity contribution in [3.05, 3.63) is 53.0 Å². The first-order valence-electron chi connectivity index (χ1n) is 5.89. The SMILES string of the molecule is FC(F)[C@H](NCCn1ccnc1)c1ccc(Br)cc1. The zero-order valence-electron chi connectivity index (χ0n) is 10.1. The van der Waals surface area contributed by atoms with Crippen LogP contribution in [-0.2, 0) is 6.54 Å². The van der Waals surface area contributed by atoms with Crippen LogP contribution in [0.3, 0.4) is 0 Å². The third-order valence-electron chi connectivity index (χ3n) is 2.77. The van der Waals surface area contributed by atoms with Gasteiger partial charge in [0.15, 0.2) is 0 Å². The average Bonchev–Trinajstić information content (AvgIpc) is 2.89. The Balaban J connectivity index is 1.94. The first-order chi connectivity index (χ1) is 9.16. The van der Waals surface area contributed by atoms with Gasteiger partial charge in [0, 0.05) is 30.0 Å². The van der Waals surface area contributed by atoms with Crippen LogP contribution < -0.4 is 5.32 Å². The van der Waals surface area contributed by atoms with Gasteiger partial charge in [-0.15, -0.1) is 0 Å². The molecule has 0 aliphatic heterocycles. The summed E-state index contributed by atoms with van der Waals surface area (Å²) in [4.78, 5) is 3.90. The molecule has 0 fully saturated rings. The number of benzene rings is 1. The molecule has 102 valence electrons. The topological polar surface area (TPSA) is 29.9 Å². The smallest absolute Gasteiger partial charge is 0.257 e. The molecule has 1 aromatic carbocycles. The van der Waals surface area contributed by atoms with Crippen LogP contribution in [-0.4, -0.2) is 22.5 Å². The van der Waals surface area contributed by atoms with Gasteiger partial charge >= 0.3 is 0 Å². The van der Waals surface area contributed by atoms with E-state index < -0.39 is 12.5 Å². The van der Waals surface area contributed by atoms with E-state index in [1.54, 1.807) is 43.0 Å². The molecule has 1 heterocycles. The third-order valence-corrected chi connectivity index (χ3v) is 3.30. The molecular formula is C13H14BrF2N3. The van der Waals surface area contributed by atoms with Gasteiger partial charge in [-0.1, -0.05) is 28.1 Å². The third kappa shape index (κ3) is 4.11. The lowest BCUT2D eigenvalue weighted by Gasteiger charge is -2.18. The molecule has 6 heteroatoms. The van der Waals surface area contributed by atoms with Crippen LogP contribution in [0.5, 0.6) is 0 Å². The first kappa shape index (κ1) is 14.1. The van der Waals surface area contributed by atoms with Crippen LogP contribution in [0.15, 0.2) is 47.5 Å². The minimum absolute atomic E-state index is 0.460. The van der Waals surface area contributed by atoms with Crippen molar-refractivity contribution in [2.75, 3.05) is 6.54 Å². The second-order valence-corrected chi connectivity index (χ2v) is 5.03. The number of halogens is 3. The molecule has 19 heavy (non-hydrogen) atoms. The molecule has 0 saturated carbocycles. The maximum absolute atomic E-state index is 13.1. The quantitative estimate of drug-likeness (QED) is 0.881. The van der Waals surface area contributed by atoms with Crippen molar-refractivity contribution in [3.8, 4) is 0 Å². The zero-order chi connectivity index (χ0) is 13.7. The summed E-state index contributed by atoms with van der Waals surface area (Å²) in [6.45, 7) is 1.07. The summed E-state index contributed by atoms with van der Waals surface area (Å²) in [6.07, 6.45) is 2.69. The van der Waals surface area contributed by atoms with Crippen molar-refractivity contribution in [3.63, 3.8) is 0 Å². The Morgan fingerprint density at radius 3 is 2.58 bits per heavy atom. The minimum Gasteiger partial charge on any atom is -0.336 e. The monoisotopic (exact) mass is 329 g/mol. The largest absolute Gasteiger partial charge is 0.336 e. The fraction of sp³-hybridized carbons (Fsp3) is 0.308. The van der Waals surface area contributed by atoms with Gasteiger partial charge < -0.3 is 9.88 Å². The van der Waals surface area contributed by atoms with Crippen molar-refractivity contribution < 1.29 is 8.78 Å². The fourth-order valence-corrected chi connectivity index (χ4v) is 2.06. The van der Waals surface area contributed by atoms with Gasteiger partial charge in [-0.25, -0.2) is 13.8 Å². The Bertz CT molecular complexity index is 485. The minimum atomic E-state index is -2.44. The number of imidazole rings is 1. The lowest BCUT2D eigenvalue weighted by Crippen LogP contribution is -2.30. The van der Waals surface area contributed by atoms with E-state index >= 15 is 0 Å². The van der Waals surface area contributed by atoms with Crippen molar-refractivity contribution >= 4 is 15.9 Å². The predicted octanol–water partition coefficient (Wildman–Crippen LogP) is 3.24. The van der Waals surface area contributed by atoms with Gasteiger partial charge in [-0.05, 0) is 17.7 Å². The Kier molecular flexibility index (Phi) is 5.04. The van der Waals surface area contributed by atoms with E-state index in [1.165, 1.54) is 0 Å². The van der Waals surface area contributed by atoms with Crippen LogP contribution in [0.1, 0.15) is 11.6 Å². The normalized spacial score (nSPS) is 12.8. The predicted molar refractivity (Wildman–Crippen MR) is 73.1 cm³/mol. The maximum atomic E-state index is 13.1. The Labute approximate surface area is 118 Å². The molecule has 0 amide bonds. The van der Waals surface area contributed by atoms with Crippen molar-refractivity contribution in [2.24, 2.45) is 0 Å². The molecule has 0 bridgehead atoms. The number of hydrogen-bond donors (Lipinski definition) is 1. The van der Waals surface area contributed by atoms with E-state index in [4.69, 9.17) is 0 Å². The van der Waals surface area contributed by atoms with Gasteiger partial charge in [0.05, 0.1) is 12.4 Å². The van der Waals surface area contributed by atoms with E-state index in [-0.39, 0.29) is 0 Å². The lowest BCUT2D eigenvalue weighted by molar-refractivity contribution is 0.0979. The van der Waals surface area contributed by atoms with Crippen LogP contribution >= 0.6 is 15.9 Å². The second kappa shape index (κ2) is 6.77. The van der Waals surface area contributed by atoms with Gasteiger partial charge in [0.1, 0.15) is 0 Å². The summed E-state index contributed by atoms with van der Waals surface area (Å²) in [6, 6.07) is 5.98. The summed E-state index contributed by atoms with van der Waals surface area (Å²) >= 11 is 3.29. The van der Waals surface area contributed by atoms with Crippen molar-refractivity contribution in [1.29, 1.82) is 0 Å². The first-order valence-corrected chi connectivity index (χ1v) is 6.69. The summed E-state index contributed by atoms with van der Waals surface area (Å²) in [7, 11) is 0. The standard InChI is InChI=1S/C13H14BrF2N3/c14-11-3-1-10(2-4-11)12(13(15)16)18-6-8-19-7-5-17-9-19/h1-5,7,9,12-13,18H,6,8H2/t12-/m1/s1. The van der Waals surface area contributed by atoms with E-state index in [0.717, 1.165) is 4.47 Å². The van der Waals surface area contributed by atoms with Crippen LogP contribution in [0, 0.1) is 0 Å². The van der Waals surface area contributed by atoms with E-state index in [1.807, 2.05) is 4.57 Å². The maximum Gasteiger partial charge on any atom is 0.257 e. The van der Waals surface area contributed by atoms with Gasteiger partial charge in [0.2, 0.25) is 0 Å². The van der Waals surface area contributed by atoms with E-state index in [9.17, 15) is 8.78 Å². The molecule has 1 N–H and O–H groups in total. The molecule has 0 spiro atoms. The van der Waals surface area contributed by atoms with Crippen molar-refractivity contribution in [2.45, 2.75) is 19.0 Å². The molecule has 3 nitrogen and oxygen atoms in total. The molecule has 0 radical (unpaired) electrons. The van der Waals surface area contributed by atoms with Crippen molar-refractivity contribution in [1.82, 2.24) is 14.9 Å². The summed E-state index contributed by atoms with van der Waals surface area (Å²) < 4.78 is 28.8. The number of nitrogens with one attached hydrogen (secondary N) is 1. The summed E-state index contributed by atoms with van der Waals surface area (Å²) in [5.41, 5.74) is 0.587. The molecule has 0 aliphatic carbocycles. The Morgan fingerprint density at radius 1 is 1.26 bits per heavy atom.